The Morgan fingerprint density at radius 1 is 0.947 bits per heavy atom. The van der Waals surface area contributed by atoms with Gasteiger partial charge in [0, 0.05) is 5.56 Å². The fourth-order valence-electron chi connectivity index (χ4n) is 1.78. The lowest BCUT2D eigenvalue weighted by Gasteiger charge is -2.12. The molecule has 2 rings (SSSR count). The molecule has 0 aromatic heterocycles. The summed E-state index contributed by atoms with van der Waals surface area (Å²) >= 11 is 0. The number of hydrogen-bond acceptors (Lipinski definition) is 3. The molecule has 0 fully saturated rings. The van der Waals surface area contributed by atoms with Gasteiger partial charge in [-0.25, -0.2) is 8.42 Å². The number of aliphatic hydroxyl groups excluding tert-OH is 1. The first-order valence-electron chi connectivity index (χ1n) is 5.88. The van der Waals surface area contributed by atoms with Crippen LogP contribution in [0.5, 0.6) is 0 Å². The Kier molecular flexibility index (Phi) is 4.19. The third-order valence-electron chi connectivity index (χ3n) is 2.64. The van der Waals surface area contributed by atoms with Crippen molar-refractivity contribution in [2.45, 2.75) is 0 Å². The molecule has 4 nitrogen and oxygen atoms in total. The van der Waals surface area contributed by atoms with Crippen LogP contribution in [0.25, 0.3) is 11.1 Å². The third kappa shape index (κ3) is 3.56. The summed E-state index contributed by atoms with van der Waals surface area (Å²) in [6.07, 6.45) is 0. The predicted octanol–water partition coefficient (Wildman–Crippen LogP) is 2.09. The minimum atomic E-state index is -3.52. The van der Waals surface area contributed by atoms with E-state index in [-0.39, 0.29) is 5.75 Å². The van der Waals surface area contributed by atoms with Crippen molar-refractivity contribution < 1.29 is 13.5 Å². The number of para-hydroxylation sites is 1. The molecule has 0 heterocycles. The molecule has 100 valence electrons. The maximum atomic E-state index is 11.7. The molecular weight excluding hydrogens is 262 g/mol. The highest BCUT2D eigenvalue weighted by molar-refractivity contribution is 7.92. The molecule has 5 heteroatoms. The minimum Gasteiger partial charge on any atom is -0.395 e. The van der Waals surface area contributed by atoms with Crippen LogP contribution in [0.15, 0.2) is 54.6 Å². The van der Waals surface area contributed by atoms with Crippen LogP contribution in [0.1, 0.15) is 0 Å². The molecule has 0 saturated carbocycles. The highest BCUT2D eigenvalue weighted by Crippen LogP contribution is 2.28. The third-order valence-corrected chi connectivity index (χ3v) is 3.89. The van der Waals surface area contributed by atoms with E-state index < -0.39 is 16.6 Å². The minimum absolute atomic E-state index is 0.309. The number of benzene rings is 2. The van der Waals surface area contributed by atoms with Gasteiger partial charge in [0.25, 0.3) is 0 Å². The van der Waals surface area contributed by atoms with Crippen LogP contribution in [0, 0.1) is 0 Å². The summed E-state index contributed by atoms with van der Waals surface area (Å²) in [5.41, 5.74) is 2.26. The second-order valence-corrected chi connectivity index (χ2v) is 5.90. The molecule has 0 spiro atoms. The van der Waals surface area contributed by atoms with Gasteiger partial charge < -0.3 is 5.11 Å². The Morgan fingerprint density at radius 2 is 1.58 bits per heavy atom. The van der Waals surface area contributed by atoms with Crippen LogP contribution in [-0.2, 0) is 10.0 Å². The normalized spacial score (nSPS) is 11.2. The quantitative estimate of drug-likeness (QED) is 0.879. The lowest BCUT2D eigenvalue weighted by molar-refractivity contribution is 0.320. The van der Waals surface area contributed by atoms with E-state index in [1.54, 1.807) is 12.1 Å². The Hall–Kier alpha value is -1.85. The average molecular weight is 277 g/mol. The van der Waals surface area contributed by atoms with E-state index in [0.717, 1.165) is 11.1 Å². The van der Waals surface area contributed by atoms with Crippen LogP contribution in [0.3, 0.4) is 0 Å². The second-order valence-electron chi connectivity index (χ2n) is 4.06. The molecule has 2 aromatic rings. The fourth-order valence-corrected chi connectivity index (χ4v) is 2.64. The zero-order valence-corrected chi connectivity index (χ0v) is 11.1. The van der Waals surface area contributed by atoms with Crippen molar-refractivity contribution in [3.8, 4) is 11.1 Å². The number of nitrogens with one attached hydrogen (secondary N) is 1. The van der Waals surface area contributed by atoms with Crippen molar-refractivity contribution in [3.05, 3.63) is 54.6 Å². The Morgan fingerprint density at radius 3 is 2.26 bits per heavy atom. The van der Waals surface area contributed by atoms with E-state index in [2.05, 4.69) is 4.72 Å². The van der Waals surface area contributed by atoms with E-state index >= 15 is 0 Å². The van der Waals surface area contributed by atoms with Crippen molar-refractivity contribution in [1.29, 1.82) is 0 Å². The van der Waals surface area contributed by atoms with Gasteiger partial charge in [-0.3, -0.25) is 4.72 Å². The van der Waals surface area contributed by atoms with E-state index in [1.165, 1.54) is 0 Å². The van der Waals surface area contributed by atoms with Gasteiger partial charge in [-0.05, 0) is 11.6 Å². The fraction of sp³-hybridized carbons (Fsp3) is 0.143. The molecule has 0 bridgehead atoms. The second kappa shape index (κ2) is 5.86. The molecule has 0 saturated heterocycles. The summed E-state index contributed by atoms with van der Waals surface area (Å²) in [4.78, 5) is 0. The maximum Gasteiger partial charge on any atom is 0.235 e. The molecule has 0 aliphatic heterocycles. The summed E-state index contributed by atoms with van der Waals surface area (Å²) in [5, 5.41) is 8.75. The average Bonchev–Trinajstić information content (AvgIpc) is 2.40. The van der Waals surface area contributed by atoms with Gasteiger partial charge in [0.15, 0.2) is 0 Å². The number of hydrogen-bond donors (Lipinski definition) is 2. The van der Waals surface area contributed by atoms with Crippen molar-refractivity contribution in [3.63, 3.8) is 0 Å². The van der Waals surface area contributed by atoms with Crippen LogP contribution in [0.4, 0.5) is 5.69 Å². The largest absolute Gasteiger partial charge is 0.395 e. The summed E-state index contributed by atoms with van der Waals surface area (Å²) in [7, 11) is -3.52. The molecule has 2 N–H and O–H groups in total. The first-order valence-corrected chi connectivity index (χ1v) is 7.53. The monoisotopic (exact) mass is 277 g/mol. The van der Waals surface area contributed by atoms with Gasteiger partial charge in [0.2, 0.25) is 10.0 Å². The summed E-state index contributed by atoms with van der Waals surface area (Å²) in [5.74, 6) is -0.309. The van der Waals surface area contributed by atoms with Gasteiger partial charge in [-0.15, -0.1) is 0 Å². The van der Waals surface area contributed by atoms with Crippen LogP contribution >= 0.6 is 0 Å². The predicted molar refractivity (Wildman–Crippen MR) is 76.4 cm³/mol. The first kappa shape index (κ1) is 13.6. The summed E-state index contributed by atoms with van der Waals surface area (Å²) in [6.45, 7) is -0.400. The molecule has 0 unspecified atom stereocenters. The van der Waals surface area contributed by atoms with Crippen LogP contribution in [0.2, 0.25) is 0 Å². The zero-order valence-electron chi connectivity index (χ0n) is 10.3. The Bertz CT molecular complexity index is 639. The Labute approximate surface area is 112 Å². The molecule has 0 radical (unpaired) electrons. The van der Waals surface area contributed by atoms with Gasteiger partial charge in [0.05, 0.1) is 18.0 Å². The van der Waals surface area contributed by atoms with Crippen molar-refractivity contribution >= 4 is 15.7 Å². The number of sulfonamides is 1. The summed E-state index contributed by atoms with van der Waals surface area (Å²) < 4.78 is 25.9. The van der Waals surface area contributed by atoms with Crippen LogP contribution < -0.4 is 4.72 Å². The van der Waals surface area contributed by atoms with Gasteiger partial charge in [-0.1, -0.05) is 48.5 Å². The highest BCUT2D eigenvalue weighted by atomic mass is 32.2. The zero-order chi connectivity index (χ0) is 13.7. The number of anilines is 1. The maximum absolute atomic E-state index is 11.7. The van der Waals surface area contributed by atoms with Crippen molar-refractivity contribution in [2.75, 3.05) is 17.1 Å². The molecule has 0 amide bonds. The van der Waals surface area contributed by atoms with Crippen molar-refractivity contribution in [1.82, 2.24) is 0 Å². The molecule has 0 aliphatic carbocycles. The van der Waals surface area contributed by atoms with Gasteiger partial charge in [0.1, 0.15) is 0 Å². The summed E-state index contributed by atoms with van der Waals surface area (Å²) in [6, 6.07) is 16.7. The van der Waals surface area contributed by atoms with E-state index in [9.17, 15) is 8.42 Å². The lowest BCUT2D eigenvalue weighted by Crippen LogP contribution is -2.19. The highest BCUT2D eigenvalue weighted by Gasteiger charge is 2.12. The Balaban J connectivity index is 2.38. The number of rotatable bonds is 5. The van der Waals surface area contributed by atoms with Gasteiger partial charge >= 0.3 is 0 Å². The molecule has 0 aliphatic rings. The van der Waals surface area contributed by atoms with Gasteiger partial charge in [-0.2, -0.15) is 0 Å². The topological polar surface area (TPSA) is 66.4 Å². The van der Waals surface area contributed by atoms with Crippen LogP contribution in [-0.4, -0.2) is 25.9 Å². The van der Waals surface area contributed by atoms with E-state index in [1.807, 2.05) is 42.5 Å². The van der Waals surface area contributed by atoms with E-state index in [4.69, 9.17) is 5.11 Å². The molecular formula is C14H15NO3S. The first-order chi connectivity index (χ1) is 9.12. The SMILES string of the molecule is O=S(=O)(CCO)Nc1ccccc1-c1ccccc1. The molecule has 0 atom stereocenters. The smallest absolute Gasteiger partial charge is 0.235 e. The standard InChI is InChI=1S/C14H15NO3S/c16-10-11-19(17,18)15-14-9-5-4-8-13(14)12-6-2-1-3-7-12/h1-9,15-16H,10-11H2. The number of aliphatic hydroxyl groups is 1. The molecule has 19 heavy (non-hydrogen) atoms. The molecule has 2 aromatic carbocycles. The van der Waals surface area contributed by atoms with Crippen molar-refractivity contribution in [2.24, 2.45) is 0 Å². The van der Waals surface area contributed by atoms with E-state index in [0.29, 0.717) is 5.69 Å². The lowest BCUT2D eigenvalue weighted by atomic mass is 10.0.